The zero-order chi connectivity index (χ0) is 15.0. The molecule has 0 bridgehead atoms. The summed E-state index contributed by atoms with van der Waals surface area (Å²) in [5, 5.41) is 19.4. The third-order valence-corrected chi connectivity index (χ3v) is 2.94. The van der Waals surface area contributed by atoms with Crippen LogP contribution >= 0.6 is 0 Å². The highest BCUT2D eigenvalue weighted by Gasteiger charge is 2.27. The first-order chi connectivity index (χ1) is 10.1. The summed E-state index contributed by atoms with van der Waals surface area (Å²) in [7, 11) is 3.36. The number of nitrogens with zero attached hydrogens (tertiary/aromatic N) is 7. The molecule has 0 N–H and O–H groups in total. The predicted octanol–water partition coefficient (Wildman–Crippen LogP) is 1.18. The molecular weight excluding hydrogens is 274 g/mol. The Morgan fingerprint density at radius 2 is 2.00 bits per heavy atom. The van der Waals surface area contributed by atoms with Crippen LogP contribution < -0.4 is 4.90 Å². The molecule has 106 valence electrons. The Kier molecular flexibility index (Phi) is 2.94. The van der Waals surface area contributed by atoms with Crippen LogP contribution in [0.5, 0.6) is 0 Å². The smallest absolute Gasteiger partial charge is 0.355 e. The van der Waals surface area contributed by atoms with E-state index in [0.29, 0.717) is 11.0 Å². The summed E-state index contributed by atoms with van der Waals surface area (Å²) in [6.45, 7) is 0. The molecule has 0 saturated heterocycles. The van der Waals surface area contributed by atoms with Crippen LogP contribution in [0.4, 0.5) is 11.5 Å². The van der Waals surface area contributed by atoms with Gasteiger partial charge in [-0.1, -0.05) is 17.3 Å². The number of hydrogen-bond acceptors (Lipinski definition) is 7. The van der Waals surface area contributed by atoms with E-state index in [0.717, 1.165) is 0 Å². The minimum Gasteiger partial charge on any atom is -0.357 e. The maximum Gasteiger partial charge on any atom is 0.355 e. The van der Waals surface area contributed by atoms with Crippen molar-refractivity contribution in [3.05, 3.63) is 40.7 Å². The highest BCUT2D eigenvalue weighted by atomic mass is 16.6. The van der Waals surface area contributed by atoms with E-state index in [1.165, 1.54) is 11.0 Å². The Balaban J connectivity index is 2.32. The van der Waals surface area contributed by atoms with Crippen molar-refractivity contribution in [1.29, 1.82) is 0 Å². The van der Waals surface area contributed by atoms with Crippen LogP contribution in [0.25, 0.3) is 16.9 Å². The van der Waals surface area contributed by atoms with E-state index in [1.807, 2.05) is 12.1 Å². The van der Waals surface area contributed by atoms with Crippen molar-refractivity contribution in [3.63, 3.8) is 0 Å². The van der Waals surface area contributed by atoms with Crippen LogP contribution in [0.2, 0.25) is 0 Å². The van der Waals surface area contributed by atoms with E-state index in [4.69, 9.17) is 0 Å². The van der Waals surface area contributed by atoms with Crippen LogP contribution in [-0.4, -0.2) is 44.0 Å². The lowest BCUT2D eigenvalue weighted by atomic mass is 10.3. The lowest BCUT2D eigenvalue weighted by molar-refractivity contribution is -0.384. The van der Waals surface area contributed by atoms with E-state index < -0.39 is 4.92 Å². The van der Waals surface area contributed by atoms with Crippen LogP contribution in [-0.2, 0) is 0 Å². The fraction of sp³-hybridized carbons (Fsp3) is 0.167. The molecular formula is C12H11N7O2. The quantitative estimate of drug-likeness (QED) is 0.525. The molecule has 3 aromatic rings. The van der Waals surface area contributed by atoms with Crippen molar-refractivity contribution >= 4 is 22.5 Å². The second-order valence-corrected chi connectivity index (χ2v) is 4.51. The summed E-state index contributed by atoms with van der Waals surface area (Å²) in [5.74, 6) is 0.303. The van der Waals surface area contributed by atoms with Gasteiger partial charge >= 0.3 is 5.69 Å². The number of nitro groups is 1. The van der Waals surface area contributed by atoms with Gasteiger partial charge in [0.1, 0.15) is 11.8 Å². The largest absolute Gasteiger partial charge is 0.357 e. The molecule has 0 aliphatic rings. The van der Waals surface area contributed by atoms with Crippen LogP contribution in [0.3, 0.4) is 0 Å². The van der Waals surface area contributed by atoms with Gasteiger partial charge in [-0.05, 0) is 12.1 Å². The molecule has 0 spiro atoms. The molecule has 1 aromatic carbocycles. The van der Waals surface area contributed by atoms with Gasteiger partial charge in [-0.3, -0.25) is 10.1 Å². The molecule has 0 saturated carbocycles. The van der Waals surface area contributed by atoms with Gasteiger partial charge in [-0.2, -0.15) is 4.68 Å². The molecule has 9 nitrogen and oxygen atoms in total. The van der Waals surface area contributed by atoms with Gasteiger partial charge in [-0.25, -0.2) is 9.97 Å². The lowest BCUT2D eigenvalue weighted by Gasteiger charge is -2.12. The molecule has 0 aliphatic carbocycles. The standard InChI is InChI=1S/C12H11N7O2/c1-17(2)11-10(19(20)21)12(14-7-13-11)18-9-6-4-3-5-8(9)15-16-18/h3-7H,1-2H3. The summed E-state index contributed by atoms with van der Waals surface area (Å²) in [6, 6.07) is 7.18. The lowest BCUT2D eigenvalue weighted by Crippen LogP contribution is -2.16. The van der Waals surface area contributed by atoms with Crippen molar-refractivity contribution in [2.45, 2.75) is 0 Å². The van der Waals surface area contributed by atoms with Crippen molar-refractivity contribution in [2.24, 2.45) is 0 Å². The molecule has 0 radical (unpaired) electrons. The van der Waals surface area contributed by atoms with Gasteiger partial charge in [0.25, 0.3) is 0 Å². The van der Waals surface area contributed by atoms with Crippen molar-refractivity contribution in [1.82, 2.24) is 25.0 Å². The molecule has 0 amide bonds. The molecule has 0 unspecified atom stereocenters. The first-order valence-corrected chi connectivity index (χ1v) is 6.07. The summed E-state index contributed by atoms with van der Waals surface area (Å²) < 4.78 is 1.35. The minimum atomic E-state index is -0.513. The van der Waals surface area contributed by atoms with Crippen LogP contribution in [0.15, 0.2) is 30.6 Å². The van der Waals surface area contributed by atoms with Gasteiger partial charge in [-0.15, -0.1) is 5.10 Å². The topological polar surface area (TPSA) is 103 Å². The van der Waals surface area contributed by atoms with Crippen molar-refractivity contribution in [3.8, 4) is 5.82 Å². The van der Waals surface area contributed by atoms with E-state index in [9.17, 15) is 10.1 Å². The van der Waals surface area contributed by atoms with Crippen molar-refractivity contribution in [2.75, 3.05) is 19.0 Å². The maximum atomic E-state index is 11.4. The monoisotopic (exact) mass is 285 g/mol. The summed E-state index contributed by atoms with van der Waals surface area (Å²) in [5.41, 5.74) is 1.07. The van der Waals surface area contributed by atoms with Gasteiger partial charge in [0.05, 0.1) is 10.4 Å². The molecule has 9 heteroatoms. The zero-order valence-electron chi connectivity index (χ0n) is 11.3. The van der Waals surface area contributed by atoms with E-state index in [2.05, 4.69) is 20.3 Å². The minimum absolute atomic E-state index is 0.0902. The van der Waals surface area contributed by atoms with Crippen molar-refractivity contribution < 1.29 is 4.92 Å². The number of fused-ring (bicyclic) bond motifs is 1. The SMILES string of the molecule is CN(C)c1ncnc(-n2nnc3ccccc32)c1[N+](=O)[O-]. The van der Waals surface area contributed by atoms with E-state index in [-0.39, 0.29) is 17.3 Å². The number of benzene rings is 1. The van der Waals surface area contributed by atoms with Gasteiger partial charge in [0.15, 0.2) is 0 Å². The Bertz CT molecular complexity index is 827. The van der Waals surface area contributed by atoms with E-state index in [1.54, 1.807) is 31.1 Å². The molecule has 3 rings (SSSR count). The molecule has 21 heavy (non-hydrogen) atoms. The normalized spacial score (nSPS) is 10.8. The van der Waals surface area contributed by atoms with Gasteiger partial charge < -0.3 is 4.90 Å². The molecule has 0 atom stereocenters. The highest BCUT2D eigenvalue weighted by Crippen LogP contribution is 2.30. The Morgan fingerprint density at radius 1 is 1.24 bits per heavy atom. The Morgan fingerprint density at radius 3 is 2.71 bits per heavy atom. The first kappa shape index (κ1) is 12.9. The molecule has 2 heterocycles. The predicted molar refractivity (Wildman–Crippen MR) is 75.4 cm³/mol. The Labute approximate surface area is 119 Å². The summed E-state index contributed by atoms with van der Waals surface area (Å²) in [4.78, 5) is 20.4. The average Bonchev–Trinajstić information content (AvgIpc) is 2.90. The van der Waals surface area contributed by atoms with Gasteiger partial charge in [0.2, 0.25) is 11.6 Å². The first-order valence-electron chi connectivity index (χ1n) is 6.07. The fourth-order valence-electron chi connectivity index (χ4n) is 2.03. The van der Waals surface area contributed by atoms with Gasteiger partial charge in [0, 0.05) is 14.1 Å². The summed E-state index contributed by atoms with van der Waals surface area (Å²) in [6.07, 6.45) is 1.27. The number of aromatic nitrogens is 5. The number of anilines is 1. The number of para-hydroxylation sites is 1. The third-order valence-electron chi connectivity index (χ3n) is 2.94. The maximum absolute atomic E-state index is 11.4. The second-order valence-electron chi connectivity index (χ2n) is 4.51. The molecule has 0 fully saturated rings. The Hall–Kier alpha value is -3.10. The second kappa shape index (κ2) is 4.78. The fourth-order valence-corrected chi connectivity index (χ4v) is 2.03. The summed E-state index contributed by atoms with van der Waals surface area (Å²) >= 11 is 0. The number of hydrogen-bond donors (Lipinski definition) is 0. The molecule has 0 aliphatic heterocycles. The highest BCUT2D eigenvalue weighted by molar-refractivity contribution is 5.77. The van der Waals surface area contributed by atoms with Crippen LogP contribution in [0.1, 0.15) is 0 Å². The van der Waals surface area contributed by atoms with E-state index >= 15 is 0 Å². The average molecular weight is 285 g/mol. The zero-order valence-corrected chi connectivity index (χ0v) is 11.3. The number of rotatable bonds is 3. The van der Waals surface area contributed by atoms with Crippen LogP contribution in [0, 0.1) is 10.1 Å². The third kappa shape index (κ3) is 2.04. The molecule has 2 aromatic heterocycles.